The average molecular weight is 306 g/mol. The summed E-state index contributed by atoms with van der Waals surface area (Å²) in [6.45, 7) is 0. The monoisotopic (exact) mass is 306 g/mol. The summed E-state index contributed by atoms with van der Waals surface area (Å²) in [6.07, 6.45) is 0.976. The van der Waals surface area contributed by atoms with Crippen molar-refractivity contribution in [1.29, 1.82) is 10.5 Å². The van der Waals surface area contributed by atoms with Crippen molar-refractivity contribution in [2.24, 2.45) is 0 Å². The standard InChI is InChI=1S/C17H14N4O2/c18-10-4-7-16(13-5-2-1-3-6-13)20-15-8-9-17(21(22)23)14(11-15)12-19/h1-3,5-6,8-9,11,16,20H,4,7H2/t16-/m0/s1. The van der Waals surface area contributed by atoms with Crippen molar-refractivity contribution in [3.8, 4) is 12.1 Å². The first-order valence-corrected chi connectivity index (χ1v) is 7.02. The molecule has 2 rings (SSSR count). The third kappa shape index (κ3) is 4.05. The van der Waals surface area contributed by atoms with Crippen LogP contribution in [0.15, 0.2) is 48.5 Å². The first kappa shape index (κ1) is 16.0. The van der Waals surface area contributed by atoms with Gasteiger partial charge in [0.2, 0.25) is 0 Å². The maximum Gasteiger partial charge on any atom is 0.287 e. The molecule has 0 unspecified atom stereocenters. The number of benzene rings is 2. The summed E-state index contributed by atoms with van der Waals surface area (Å²) in [5, 5.41) is 32.0. The Hall–Kier alpha value is -3.38. The third-order valence-corrected chi connectivity index (χ3v) is 3.40. The van der Waals surface area contributed by atoms with Crippen molar-refractivity contribution in [1.82, 2.24) is 0 Å². The Morgan fingerprint density at radius 2 is 1.91 bits per heavy atom. The van der Waals surface area contributed by atoms with Crippen LogP contribution in [0.2, 0.25) is 0 Å². The van der Waals surface area contributed by atoms with Crippen LogP contribution in [0.5, 0.6) is 0 Å². The zero-order valence-corrected chi connectivity index (χ0v) is 12.3. The third-order valence-electron chi connectivity index (χ3n) is 3.40. The van der Waals surface area contributed by atoms with Crippen LogP contribution in [0.4, 0.5) is 11.4 Å². The molecule has 0 saturated heterocycles. The molecule has 6 nitrogen and oxygen atoms in total. The fraction of sp³-hybridized carbons (Fsp3) is 0.176. The quantitative estimate of drug-likeness (QED) is 0.643. The van der Waals surface area contributed by atoms with Gasteiger partial charge in [-0.25, -0.2) is 0 Å². The highest BCUT2D eigenvalue weighted by atomic mass is 16.6. The topological polar surface area (TPSA) is 103 Å². The molecular formula is C17H14N4O2. The highest BCUT2D eigenvalue weighted by molar-refractivity contribution is 5.59. The van der Waals surface area contributed by atoms with E-state index in [4.69, 9.17) is 10.5 Å². The molecule has 0 radical (unpaired) electrons. The van der Waals surface area contributed by atoms with Gasteiger partial charge in [-0.15, -0.1) is 0 Å². The van der Waals surface area contributed by atoms with Crippen LogP contribution in [0.1, 0.15) is 30.0 Å². The fourth-order valence-electron chi connectivity index (χ4n) is 2.29. The van der Waals surface area contributed by atoms with Crippen molar-refractivity contribution in [2.45, 2.75) is 18.9 Å². The number of nitrogens with one attached hydrogen (secondary N) is 1. The van der Waals surface area contributed by atoms with E-state index in [1.54, 1.807) is 6.07 Å². The van der Waals surface area contributed by atoms with Crippen LogP contribution in [-0.4, -0.2) is 4.92 Å². The second-order valence-corrected chi connectivity index (χ2v) is 4.91. The van der Waals surface area contributed by atoms with Crippen LogP contribution in [0.3, 0.4) is 0 Å². The van der Waals surface area contributed by atoms with E-state index >= 15 is 0 Å². The summed E-state index contributed by atoms with van der Waals surface area (Å²) in [5.74, 6) is 0. The van der Waals surface area contributed by atoms with Crippen LogP contribution >= 0.6 is 0 Å². The number of rotatable bonds is 6. The molecule has 6 heteroatoms. The average Bonchev–Trinajstić information content (AvgIpc) is 2.58. The van der Waals surface area contributed by atoms with E-state index in [-0.39, 0.29) is 17.3 Å². The van der Waals surface area contributed by atoms with Crippen molar-refractivity contribution in [3.05, 3.63) is 69.8 Å². The molecule has 0 saturated carbocycles. The van der Waals surface area contributed by atoms with E-state index in [1.165, 1.54) is 12.1 Å². The lowest BCUT2D eigenvalue weighted by molar-refractivity contribution is -0.385. The Bertz CT molecular complexity index is 775. The summed E-state index contributed by atoms with van der Waals surface area (Å²) in [4.78, 5) is 10.3. The molecule has 114 valence electrons. The van der Waals surface area contributed by atoms with E-state index in [1.807, 2.05) is 36.4 Å². The van der Waals surface area contributed by atoms with Crippen LogP contribution in [0, 0.1) is 32.8 Å². The maximum absolute atomic E-state index is 10.9. The minimum atomic E-state index is -0.577. The van der Waals surface area contributed by atoms with Crippen molar-refractivity contribution in [2.75, 3.05) is 5.32 Å². The lowest BCUT2D eigenvalue weighted by atomic mass is 10.0. The molecule has 2 aromatic carbocycles. The van der Waals surface area contributed by atoms with Gasteiger partial charge in [-0.2, -0.15) is 10.5 Å². The fourth-order valence-corrected chi connectivity index (χ4v) is 2.29. The van der Waals surface area contributed by atoms with Crippen LogP contribution in [-0.2, 0) is 0 Å². The molecule has 0 fully saturated rings. The molecule has 0 aromatic heterocycles. The molecule has 1 N–H and O–H groups in total. The van der Waals surface area contributed by atoms with Crippen LogP contribution in [0.25, 0.3) is 0 Å². The number of nitriles is 2. The first-order valence-electron chi connectivity index (χ1n) is 7.02. The number of hydrogen-bond acceptors (Lipinski definition) is 5. The zero-order valence-electron chi connectivity index (χ0n) is 12.3. The molecule has 0 spiro atoms. The van der Waals surface area contributed by atoms with Gasteiger partial charge in [0, 0.05) is 18.2 Å². The number of hydrogen-bond donors (Lipinski definition) is 1. The lowest BCUT2D eigenvalue weighted by Crippen LogP contribution is -2.11. The second-order valence-electron chi connectivity index (χ2n) is 4.91. The summed E-state index contributed by atoms with van der Waals surface area (Å²) >= 11 is 0. The van der Waals surface area contributed by atoms with Gasteiger partial charge in [-0.05, 0) is 24.1 Å². The number of nitro groups is 1. The highest BCUT2D eigenvalue weighted by Gasteiger charge is 2.16. The van der Waals surface area contributed by atoms with E-state index in [9.17, 15) is 10.1 Å². The van der Waals surface area contributed by atoms with Gasteiger partial charge in [0.1, 0.15) is 11.6 Å². The summed E-state index contributed by atoms with van der Waals surface area (Å²) in [7, 11) is 0. The van der Waals surface area contributed by atoms with Gasteiger partial charge < -0.3 is 5.32 Å². The minimum Gasteiger partial charge on any atom is -0.378 e. The highest BCUT2D eigenvalue weighted by Crippen LogP contribution is 2.27. The summed E-state index contributed by atoms with van der Waals surface area (Å²) < 4.78 is 0. The Kier molecular flexibility index (Phi) is 5.27. The van der Waals surface area contributed by atoms with Crippen LogP contribution < -0.4 is 5.32 Å². The number of nitrogens with zero attached hydrogens (tertiary/aromatic N) is 3. The molecular weight excluding hydrogens is 292 g/mol. The van der Waals surface area contributed by atoms with E-state index < -0.39 is 4.92 Å². The summed E-state index contributed by atoms with van der Waals surface area (Å²) in [6, 6.07) is 17.8. The molecule has 0 aliphatic carbocycles. The predicted octanol–water partition coefficient (Wildman–Crippen LogP) is 3.92. The molecule has 0 amide bonds. The Morgan fingerprint density at radius 3 is 2.52 bits per heavy atom. The van der Waals surface area contributed by atoms with Crippen molar-refractivity contribution in [3.63, 3.8) is 0 Å². The second kappa shape index (κ2) is 7.58. The Balaban J connectivity index is 2.28. The van der Waals surface area contributed by atoms with E-state index in [0.29, 0.717) is 18.5 Å². The van der Waals surface area contributed by atoms with Gasteiger partial charge >= 0.3 is 0 Å². The SMILES string of the molecule is N#CCC[C@H](Nc1ccc([N+](=O)[O-])c(C#N)c1)c1ccccc1. The summed E-state index contributed by atoms with van der Waals surface area (Å²) in [5.41, 5.74) is 1.41. The largest absolute Gasteiger partial charge is 0.378 e. The molecule has 23 heavy (non-hydrogen) atoms. The molecule has 0 heterocycles. The molecule has 0 aliphatic heterocycles. The number of anilines is 1. The van der Waals surface area contributed by atoms with Crippen molar-refractivity contribution < 1.29 is 4.92 Å². The molecule has 2 aromatic rings. The predicted molar refractivity (Wildman–Crippen MR) is 85.5 cm³/mol. The van der Waals surface area contributed by atoms with Crippen molar-refractivity contribution >= 4 is 11.4 Å². The van der Waals surface area contributed by atoms with E-state index in [2.05, 4.69) is 11.4 Å². The van der Waals surface area contributed by atoms with Gasteiger partial charge in [0.05, 0.1) is 17.0 Å². The van der Waals surface area contributed by atoms with Gasteiger partial charge in [-0.3, -0.25) is 10.1 Å². The molecule has 1 atom stereocenters. The minimum absolute atomic E-state index is 0.00657. The molecule has 0 aliphatic rings. The molecule has 0 bridgehead atoms. The smallest absolute Gasteiger partial charge is 0.287 e. The Morgan fingerprint density at radius 1 is 1.17 bits per heavy atom. The normalized spacial score (nSPS) is 11.0. The maximum atomic E-state index is 10.9. The van der Waals surface area contributed by atoms with Gasteiger partial charge in [0.15, 0.2) is 0 Å². The lowest BCUT2D eigenvalue weighted by Gasteiger charge is -2.19. The van der Waals surface area contributed by atoms with Gasteiger partial charge in [-0.1, -0.05) is 30.3 Å². The van der Waals surface area contributed by atoms with E-state index in [0.717, 1.165) is 5.56 Å². The van der Waals surface area contributed by atoms with Gasteiger partial charge in [0.25, 0.3) is 5.69 Å². The first-order chi connectivity index (χ1) is 11.2. The Labute approximate surface area is 133 Å². The zero-order chi connectivity index (χ0) is 16.7. The number of nitro benzene ring substituents is 1.